The quantitative estimate of drug-likeness (QED) is 0.867. The first-order valence-electron chi connectivity index (χ1n) is 5.17. The summed E-state index contributed by atoms with van der Waals surface area (Å²) in [5, 5.41) is 20.7. The predicted octanol–water partition coefficient (Wildman–Crippen LogP) is 2.89. The van der Waals surface area contributed by atoms with E-state index in [9.17, 15) is 10.2 Å². The number of furan rings is 1. The van der Waals surface area contributed by atoms with Gasteiger partial charge in [0.1, 0.15) is 17.4 Å². The highest BCUT2D eigenvalue weighted by Gasteiger charge is 2.20. The summed E-state index contributed by atoms with van der Waals surface area (Å²) in [5.41, 5.74) is 0.654. The third-order valence-corrected chi connectivity index (χ3v) is 2.81. The Morgan fingerprint density at radius 1 is 1.31 bits per heavy atom. The van der Waals surface area contributed by atoms with Crippen molar-refractivity contribution >= 4 is 22.6 Å². The molecular weight excluding hydrogens is 228 g/mol. The van der Waals surface area contributed by atoms with Crippen LogP contribution in [0.4, 0.5) is 0 Å². The van der Waals surface area contributed by atoms with Crippen LogP contribution in [0.1, 0.15) is 25.2 Å². The summed E-state index contributed by atoms with van der Waals surface area (Å²) in [6.45, 7) is 1.80. The number of aliphatic hydroxyl groups is 2. The molecule has 0 radical (unpaired) electrons. The zero-order valence-electron chi connectivity index (χ0n) is 8.85. The van der Waals surface area contributed by atoms with Gasteiger partial charge in [-0.1, -0.05) is 18.5 Å². The summed E-state index contributed by atoms with van der Waals surface area (Å²) >= 11 is 5.84. The summed E-state index contributed by atoms with van der Waals surface area (Å²) in [4.78, 5) is 0. The van der Waals surface area contributed by atoms with Crippen LogP contribution in [0.3, 0.4) is 0 Å². The topological polar surface area (TPSA) is 53.6 Å². The number of benzene rings is 1. The Hall–Kier alpha value is -1.03. The zero-order valence-corrected chi connectivity index (χ0v) is 9.61. The van der Waals surface area contributed by atoms with Crippen molar-refractivity contribution in [3.05, 3.63) is 35.0 Å². The molecule has 0 saturated heterocycles. The second-order valence-corrected chi connectivity index (χ2v) is 4.19. The number of fused-ring (bicyclic) bond motifs is 1. The Morgan fingerprint density at radius 2 is 2.06 bits per heavy atom. The number of aliphatic hydroxyl groups excluding tert-OH is 2. The first-order valence-corrected chi connectivity index (χ1v) is 5.54. The Kier molecular flexibility index (Phi) is 3.19. The van der Waals surface area contributed by atoms with Gasteiger partial charge in [-0.05, 0) is 30.7 Å². The second-order valence-electron chi connectivity index (χ2n) is 3.75. The molecule has 0 fully saturated rings. The standard InChI is InChI=1S/C12H13ClO3/c1-2-9(14)12(15)11-6-7-5-8(13)3-4-10(7)16-11/h3-6,9,12,14-15H,2H2,1H3. The van der Waals surface area contributed by atoms with Crippen molar-refractivity contribution < 1.29 is 14.6 Å². The molecular formula is C12H13ClO3. The second kappa shape index (κ2) is 4.45. The lowest BCUT2D eigenvalue weighted by Gasteiger charge is -2.12. The summed E-state index contributed by atoms with van der Waals surface area (Å²) in [7, 11) is 0. The highest BCUT2D eigenvalue weighted by atomic mass is 35.5. The van der Waals surface area contributed by atoms with Crippen molar-refractivity contribution in [3.63, 3.8) is 0 Å². The van der Waals surface area contributed by atoms with Crippen LogP contribution in [0, 0.1) is 0 Å². The maximum absolute atomic E-state index is 9.78. The smallest absolute Gasteiger partial charge is 0.137 e. The molecule has 1 aromatic carbocycles. The van der Waals surface area contributed by atoms with Crippen LogP contribution in [0.5, 0.6) is 0 Å². The van der Waals surface area contributed by atoms with Crippen LogP contribution < -0.4 is 0 Å². The van der Waals surface area contributed by atoms with E-state index in [1.165, 1.54) is 0 Å². The van der Waals surface area contributed by atoms with Gasteiger partial charge in [-0.3, -0.25) is 0 Å². The lowest BCUT2D eigenvalue weighted by molar-refractivity contribution is 0.00464. The van der Waals surface area contributed by atoms with E-state index >= 15 is 0 Å². The first kappa shape index (κ1) is 11.5. The lowest BCUT2D eigenvalue weighted by atomic mass is 10.1. The van der Waals surface area contributed by atoms with Gasteiger partial charge in [0.25, 0.3) is 0 Å². The summed E-state index contributed by atoms with van der Waals surface area (Å²) in [6.07, 6.45) is -1.33. The molecule has 1 aromatic heterocycles. The molecule has 3 nitrogen and oxygen atoms in total. The van der Waals surface area contributed by atoms with Crippen LogP contribution >= 0.6 is 11.6 Å². The number of hydrogen-bond acceptors (Lipinski definition) is 3. The number of rotatable bonds is 3. The molecule has 0 bridgehead atoms. The Labute approximate surface area is 98.3 Å². The fourth-order valence-corrected chi connectivity index (χ4v) is 1.77. The van der Waals surface area contributed by atoms with Gasteiger partial charge in [0, 0.05) is 10.4 Å². The molecule has 0 saturated carbocycles. The molecule has 2 rings (SSSR count). The van der Waals surface area contributed by atoms with Crippen LogP contribution in [0.25, 0.3) is 11.0 Å². The Morgan fingerprint density at radius 3 is 2.75 bits per heavy atom. The molecule has 0 aliphatic rings. The van der Waals surface area contributed by atoms with E-state index in [-0.39, 0.29) is 0 Å². The molecule has 0 amide bonds. The molecule has 2 N–H and O–H groups in total. The van der Waals surface area contributed by atoms with Gasteiger partial charge >= 0.3 is 0 Å². The van der Waals surface area contributed by atoms with E-state index in [0.717, 1.165) is 5.39 Å². The summed E-state index contributed by atoms with van der Waals surface area (Å²) < 4.78 is 5.44. The molecule has 0 aliphatic heterocycles. The normalized spacial score (nSPS) is 15.2. The average Bonchev–Trinajstić information content (AvgIpc) is 2.69. The lowest BCUT2D eigenvalue weighted by Crippen LogP contribution is -2.16. The predicted molar refractivity (Wildman–Crippen MR) is 62.5 cm³/mol. The van der Waals surface area contributed by atoms with E-state index in [4.69, 9.17) is 16.0 Å². The SMILES string of the molecule is CCC(O)C(O)c1cc2cc(Cl)ccc2o1. The van der Waals surface area contributed by atoms with Gasteiger partial charge in [0.05, 0.1) is 6.10 Å². The van der Waals surface area contributed by atoms with Crippen LogP contribution in [0.2, 0.25) is 5.02 Å². The fraction of sp³-hybridized carbons (Fsp3) is 0.333. The minimum absolute atomic E-state index is 0.367. The molecule has 16 heavy (non-hydrogen) atoms. The third-order valence-electron chi connectivity index (χ3n) is 2.57. The van der Waals surface area contributed by atoms with Crippen LogP contribution in [-0.4, -0.2) is 16.3 Å². The van der Waals surface area contributed by atoms with Gasteiger partial charge in [0.2, 0.25) is 0 Å². The summed E-state index contributed by atoms with van der Waals surface area (Å²) in [6, 6.07) is 6.92. The van der Waals surface area contributed by atoms with Gasteiger partial charge < -0.3 is 14.6 Å². The van der Waals surface area contributed by atoms with Crippen molar-refractivity contribution in [3.8, 4) is 0 Å². The van der Waals surface area contributed by atoms with Gasteiger partial charge in [0.15, 0.2) is 0 Å². The van der Waals surface area contributed by atoms with Gasteiger partial charge in [-0.25, -0.2) is 0 Å². The number of hydrogen-bond donors (Lipinski definition) is 2. The van der Waals surface area contributed by atoms with Gasteiger partial charge in [-0.2, -0.15) is 0 Å². The van der Waals surface area contributed by atoms with Crippen LogP contribution in [0.15, 0.2) is 28.7 Å². The number of halogens is 1. The van der Waals surface area contributed by atoms with Gasteiger partial charge in [-0.15, -0.1) is 0 Å². The first-order chi connectivity index (χ1) is 7.61. The molecule has 0 spiro atoms. The molecule has 2 atom stereocenters. The van der Waals surface area contributed by atoms with E-state index < -0.39 is 12.2 Å². The third kappa shape index (κ3) is 2.07. The maximum Gasteiger partial charge on any atom is 0.137 e. The Bertz CT molecular complexity index is 492. The van der Waals surface area contributed by atoms with Crippen molar-refractivity contribution in [1.82, 2.24) is 0 Å². The highest BCUT2D eigenvalue weighted by Crippen LogP contribution is 2.28. The largest absolute Gasteiger partial charge is 0.458 e. The van der Waals surface area contributed by atoms with Crippen molar-refractivity contribution in [1.29, 1.82) is 0 Å². The molecule has 86 valence electrons. The molecule has 2 aromatic rings. The fourth-order valence-electron chi connectivity index (χ4n) is 1.59. The minimum Gasteiger partial charge on any atom is -0.458 e. The van der Waals surface area contributed by atoms with Crippen molar-refractivity contribution in [2.75, 3.05) is 0 Å². The van der Waals surface area contributed by atoms with E-state index in [1.807, 2.05) is 0 Å². The maximum atomic E-state index is 9.78. The molecule has 0 aliphatic carbocycles. The van der Waals surface area contributed by atoms with Crippen molar-refractivity contribution in [2.45, 2.75) is 25.6 Å². The zero-order chi connectivity index (χ0) is 11.7. The summed E-state index contributed by atoms with van der Waals surface area (Å²) in [5.74, 6) is 0.367. The van der Waals surface area contributed by atoms with E-state index in [1.54, 1.807) is 31.2 Å². The molecule has 2 unspecified atom stereocenters. The van der Waals surface area contributed by atoms with E-state index in [2.05, 4.69) is 0 Å². The van der Waals surface area contributed by atoms with Crippen LogP contribution in [-0.2, 0) is 0 Å². The average molecular weight is 241 g/mol. The Balaban J connectivity index is 2.39. The monoisotopic (exact) mass is 240 g/mol. The highest BCUT2D eigenvalue weighted by molar-refractivity contribution is 6.31. The minimum atomic E-state index is -0.990. The van der Waals surface area contributed by atoms with E-state index in [0.29, 0.717) is 22.8 Å². The molecule has 1 heterocycles. The molecule has 4 heteroatoms. The van der Waals surface area contributed by atoms with Crippen molar-refractivity contribution in [2.24, 2.45) is 0 Å².